The molecule has 0 aliphatic carbocycles. The van der Waals surface area contributed by atoms with Gasteiger partial charge in [-0.1, -0.05) is 67.9 Å². The number of hydrogen-bond acceptors (Lipinski definition) is 3. The highest BCUT2D eigenvalue weighted by Gasteiger charge is 2.30. The third-order valence-electron chi connectivity index (χ3n) is 6.16. The van der Waals surface area contributed by atoms with Crippen molar-refractivity contribution in [1.82, 2.24) is 14.8 Å². The topological polar surface area (TPSA) is 36.4 Å². The van der Waals surface area contributed by atoms with Gasteiger partial charge in [-0.05, 0) is 42.8 Å². The number of amides is 1. The number of rotatable bonds is 7. The fourth-order valence-electron chi connectivity index (χ4n) is 4.41. The van der Waals surface area contributed by atoms with Crippen LogP contribution >= 0.6 is 0 Å². The molecule has 1 saturated heterocycles. The van der Waals surface area contributed by atoms with E-state index in [2.05, 4.69) is 33.8 Å². The van der Waals surface area contributed by atoms with E-state index in [1.165, 1.54) is 24.9 Å². The van der Waals surface area contributed by atoms with Crippen molar-refractivity contribution in [2.75, 3.05) is 19.6 Å². The Balaban J connectivity index is 1.59. The normalized spacial score (nSPS) is 15.4. The van der Waals surface area contributed by atoms with E-state index in [9.17, 15) is 4.79 Å². The molecule has 3 aromatic rings. The second kappa shape index (κ2) is 9.86. The Morgan fingerprint density at radius 1 is 1.03 bits per heavy atom. The molecule has 1 aliphatic heterocycles. The van der Waals surface area contributed by atoms with Crippen LogP contribution in [0.5, 0.6) is 0 Å². The predicted molar refractivity (Wildman–Crippen MR) is 122 cm³/mol. The Hall–Kier alpha value is -2.72. The van der Waals surface area contributed by atoms with Crippen molar-refractivity contribution in [2.45, 2.75) is 45.2 Å². The number of nitrogens with zero attached hydrogens (tertiary/aromatic N) is 3. The molecular weight excluding hydrogens is 370 g/mol. The lowest BCUT2D eigenvalue weighted by Gasteiger charge is -2.38. The standard InChI is InChI=1S/C26H31N3O/c1-2-3-17-28-18-14-23(15-19-28)29(20-21-9-5-4-6-10-21)26(30)25-24-12-8-7-11-22(24)13-16-27-25/h4-13,16,23H,2-3,14-15,17-20H2,1H3. The van der Waals surface area contributed by atoms with E-state index in [0.717, 1.165) is 36.7 Å². The smallest absolute Gasteiger partial charge is 0.273 e. The molecule has 2 heterocycles. The molecule has 0 atom stereocenters. The minimum absolute atomic E-state index is 0.0441. The highest BCUT2D eigenvalue weighted by molar-refractivity contribution is 6.05. The lowest BCUT2D eigenvalue weighted by molar-refractivity contribution is 0.0545. The van der Waals surface area contributed by atoms with E-state index in [0.29, 0.717) is 12.2 Å². The van der Waals surface area contributed by atoms with E-state index in [1.807, 2.05) is 48.5 Å². The molecule has 1 aliphatic rings. The van der Waals surface area contributed by atoms with Gasteiger partial charge in [-0.15, -0.1) is 0 Å². The summed E-state index contributed by atoms with van der Waals surface area (Å²) in [5.41, 5.74) is 1.73. The number of piperidine rings is 1. The molecule has 156 valence electrons. The van der Waals surface area contributed by atoms with E-state index in [1.54, 1.807) is 6.20 Å². The number of fused-ring (bicyclic) bond motifs is 1. The summed E-state index contributed by atoms with van der Waals surface area (Å²) >= 11 is 0. The third-order valence-corrected chi connectivity index (χ3v) is 6.16. The van der Waals surface area contributed by atoms with Gasteiger partial charge in [0.2, 0.25) is 0 Å². The molecule has 0 N–H and O–H groups in total. The lowest BCUT2D eigenvalue weighted by atomic mass is 10.00. The van der Waals surface area contributed by atoms with Gasteiger partial charge in [-0.3, -0.25) is 9.78 Å². The first kappa shape index (κ1) is 20.5. The monoisotopic (exact) mass is 401 g/mol. The molecule has 1 fully saturated rings. The highest BCUT2D eigenvalue weighted by Crippen LogP contribution is 2.24. The zero-order chi connectivity index (χ0) is 20.8. The number of carbonyl (C=O) groups excluding carboxylic acids is 1. The molecule has 1 aromatic heterocycles. The highest BCUT2D eigenvalue weighted by atomic mass is 16.2. The van der Waals surface area contributed by atoms with Crippen LogP contribution in [0.15, 0.2) is 66.9 Å². The van der Waals surface area contributed by atoms with Crippen molar-refractivity contribution in [3.05, 3.63) is 78.1 Å². The molecule has 0 bridgehead atoms. The Bertz CT molecular complexity index is 959. The Morgan fingerprint density at radius 3 is 2.53 bits per heavy atom. The molecule has 0 spiro atoms. The molecule has 0 unspecified atom stereocenters. The van der Waals surface area contributed by atoms with Crippen LogP contribution in [0.1, 0.15) is 48.7 Å². The van der Waals surface area contributed by atoms with Crippen molar-refractivity contribution >= 4 is 16.7 Å². The predicted octanol–water partition coefficient (Wildman–Crippen LogP) is 5.14. The minimum Gasteiger partial charge on any atom is -0.330 e. The van der Waals surface area contributed by atoms with Crippen LogP contribution in [0.3, 0.4) is 0 Å². The number of unbranched alkanes of at least 4 members (excludes halogenated alkanes) is 1. The molecular formula is C26H31N3O. The molecule has 0 radical (unpaired) electrons. The van der Waals surface area contributed by atoms with Crippen molar-refractivity contribution in [1.29, 1.82) is 0 Å². The number of hydrogen-bond donors (Lipinski definition) is 0. The summed E-state index contributed by atoms with van der Waals surface area (Å²) < 4.78 is 0. The maximum Gasteiger partial charge on any atom is 0.273 e. The number of aromatic nitrogens is 1. The maximum atomic E-state index is 13.8. The number of likely N-dealkylation sites (tertiary alicyclic amines) is 1. The summed E-state index contributed by atoms with van der Waals surface area (Å²) in [6.07, 6.45) is 6.27. The SMILES string of the molecule is CCCCN1CCC(N(Cc2ccccc2)C(=O)c2nccc3ccccc23)CC1. The van der Waals surface area contributed by atoms with E-state index in [-0.39, 0.29) is 11.9 Å². The molecule has 0 saturated carbocycles. The van der Waals surface area contributed by atoms with E-state index in [4.69, 9.17) is 0 Å². The Morgan fingerprint density at radius 2 is 1.77 bits per heavy atom. The van der Waals surface area contributed by atoms with E-state index < -0.39 is 0 Å². The zero-order valence-corrected chi connectivity index (χ0v) is 17.8. The van der Waals surface area contributed by atoms with Gasteiger partial charge in [0.05, 0.1) is 0 Å². The van der Waals surface area contributed by atoms with Gasteiger partial charge in [0.1, 0.15) is 5.69 Å². The summed E-state index contributed by atoms with van der Waals surface area (Å²) in [6.45, 7) is 6.16. The number of carbonyl (C=O) groups is 1. The molecule has 2 aromatic carbocycles. The van der Waals surface area contributed by atoms with Gasteiger partial charge in [-0.25, -0.2) is 0 Å². The van der Waals surface area contributed by atoms with Gasteiger partial charge in [0.15, 0.2) is 0 Å². The minimum atomic E-state index is 0.0441. The summed E-state index contributed by atoms with van der Waals surface area (Å²) in [7, 11) is 0. The fourth-order valence-corrected chi connectivity index (χ4v) is 4.41. The van der Waals surface area contributed by atoms with Crippen LogP contribution in [0.4, 0.5) is 0 Å². The molecule has 4 nitrogen and oxygen atoms in total. The first-order valence-corrected chi connectivity index (χ1v) is 11.2. The average Bonchev–Trinajstić information content (AvgIpc) is 2.81. The molecule has 4 rings (SSSR count). The van der Waals surface area contributed by atoms with Crippen LogP contribution in [0.2, 0.25) is 0 Å². The first-order chi connectivity index (χ1) is 14.8. The molecule has 30 heavy (non-hydrogen) atoms. The zero-order valence-electron chi connectivity index (χ0n) is 17.8. The average molecular weight is 402 g/mol. The Labute approximate surface area is 179 Å². The number of benzene rings is 2. The fraction of sp³-hybridized carbons (Fsp3) is 0.385. The van der Waals surface area contributed by atoms with Crippen LogP contribution < -0.4 is 0 Å². The summed E-state index contributed by atoms with van der Waals surface area (Å²) in [4.78, 5) is 22.9. The van der Waals surface area contributed by atoms with Gasteiger partial charge in [0, 0.05) is 37.3 Å². The summed E-state index contributed by atoms with van der Waals surface area (Å²) in [5.74, 6) is 0.0441. The van der Waals surface area contributed by atoms with Crippen molar-refractivity contribution in [3.63, 3.8) is 0 Å². The summed E-state index contributed by atoms with van der Waals surface area (Å²) in [5, 5.41) is 1.99. The van der Waals surface area contributed by atoms with Crippen molar-refractivity contribution in [3.8, 4) is 0 Å². The maximum absolute atomic E-state index is 13.8. The second-order valence-electron chi connectivity index (χ2n) is 8.23. The number of pyridine rings is 1. The van der Waals surface area contributed by atoms with E-state index >= 15 is 0 Å². The van der Waals surface area contributed by atoms with Gasteiger partial charge in [0.25, 0.3) is 5.91 Å². The second-order valence-corrected chi connectivity index (χ2v) is 8.23. The summed E-state index contributed by atoms with van der Waals surface area (Å²) in [6, 6.07) is 20.6. The third kappa shape index (κ3) is 4.71. The molecule has 1 amide bonds. The Kier molecular flexibility index (Phi) is 6.75. The quantitative estimate of drug-likeness (QED) is 0.550. The van der Waals surface area contributed by atoms with Crippen LogP contribution in [0, 0.1) is 0 Å². The van der Waals surface area contributed by atoms with Crippen LogP contribution in [-0.2, 0) is 6.54 Å². The van der Waals surface area contributed by atoms with Crippen LogP contribution in [-0.4, -0.2) is 46.4 Å². The largest absolute Gasteiger partial charge is 0.330 e. The lowest BCUT2D eigenvalue weighted by Crippen LogP contribution is -2.47. The van der Waals surface area contributed by atoms with Gasteiger partial charge >= 0.3 is 0 Å². The van der Waals surface area contributed by atoms with Crippen molar-refractivity contribution in [2.24, 2.45) is 0 Å². The van der Waals surface area contributed by atoms with Gasteiger partial charge < -0.3 is 9.80 Å². The first-order valence-electron chi connectivity index (χ1n) is 11.2. The molecule has 4 heteroatoms. The van der Waals surface area contributed by atoms with Crippen molar-refractivity contribution < 1.29 is 4.79 Å². The van der Waals surface area contributed by atoms with Gasteiger partial charge in [-0.2, -0.15) is 0 Å². The van der Waals surface area contributed by atoms with Crippen LogP contribution in [0.25, 0.3) is 10.8 Å².